The van der Waals surface area contributed by atoms with Crippen LogP contribution in [0, 0.1) is 0 Å². The molecule has 12 heteroatoms. The molecule has 4 heterocycles. The second-order valence-electron chi connectivity index (χ2n) is 13.1. The molecule has 9 nitrogen and oxygen atoms in total. The fourth-order valence-corrected chi connectivity index (χ4v) is 7.45. The van der Waals surface area contributed by atoms with Crippen LogP contribution in [0.1, 0.15) is 45.5 Å². The first-order valence-electron chi connectivity index (χ1n) is 16.7. The Hall–Kier alpha value is -3.86. The van der Waals surface area contributed by atoms with E-state index >= 15 is 0 Å². The first kappa shape index (κ1) is 35.5. The molecule has 51 heavy (non-hydrogen) atoms. The van der Waals surface area contributed by atoms with Crippen LogP contribution < -0.4 is 28.4 Å². The number of halogens is 3. The standard InChI is InChI=1S/C39H39Cl3N2O7/c1-43-14-12-24-19-31(47-4)33-21-27(24)28(43)16-22-6-9-26(10-7-22)49-32-18-23(8-11-30(32)46-3)17-29-35-25(13-15-44(29)2)20-34(48-5)36(37(35)50-33)51-38(45)39(40,41)42/h6-11,18-21,28-29H,12-17H2,1-5H3/t28-,29-/m0/s1. The van der Waals surface area contributed by atoms with Crippen LogP contribution in [0.4, 0.5) is 0 Å². The van der Waals surface area contributed by atoms with Crippen molar-refractivity contribution in [1.29, 1.82) is 0 Å². The van der Waals surface area contributed by atoms with Crippen molar-refractivity contribution in [2.75, 3.05) is 48.5 Å². The van der Waals surface area contributed by atoms with Crippen molar-refractivity contribution in [3.05, 3.63) is 94.0 Å². The van der Waals surface area contributed by atoms with Crippen molar-refractivity contribution < 1.29 is 33.2 Å². The predicted octanol–water partition coefficient (Wildman–Crippen LogP) is 8.43. The number of carbonyl (C=O) groups excluding carboxylic acids is 1. The number of hydrogen-bond acceptors (Lipinski definition) is 9. The van der Waals surface area contributed by atoms with Crippen molar-refractivity contribution >= 4 is 40.8 Å². The van der Waals surface area contributed by atoms with Gasteiger partial charge in [0.05, 0.1) is 21.3 Å². The quantitative estimate of drug-likeness (QED) is 0.116. The lowest BCUT2D eigenvalue weighted by Crippen LogP contribution is -2.34. The lowest BCUT2D eigenvalue weighted by atomic mass is 9.87. The lowest BCUT2D eigenvalue weighted by Gasteiger charge is -2.37. The summed E-state index contributed by atoms with van der Waals surface area (Å²) in [5.41, 5.74) is 6.24. The highest BCUT2D eigenvalue weighted by molar-refractivity contribution is 6.75. The van der Waals surface area contributed by atoms with Crippen molar-refractivity contribution in [3.63, 3.8) is 0 Å². The van der Waals surface area contributed by atoms with Crippen molar-refractivity contribution in [2.24, 2.45) is 0 Å². The maximum absolute atomic E-state index is 13.2. The molecule has 0 aromatic heterocycles. The van der Waals surface area contributed by atoms with Gasteiger partial charge in [-0.05, 0) is 110 Å². The lowest BCUT2D eigenvalue weighted by molar-refractivity contribution is -0.133. The smallest absolute Gasteiger partial charge is 0.364 e. The van der Waals surface area contributed by atoms with Gasteiger partial charge >= 0.3 is 5.97 Å². The summed E-state index contributed by atoms with van der Waals surface area (Å²) in [5.74, 6) is 2.40. The van der Waals surface area contributed by atoms with E-state index in [-0.39, 0.29) is 29.3 Å². The summed E-state index contributed by atoms with van der Waals surface area (Å²) in [5, 5.41) is 0. The third-order valence-electron chi connectivity index (χ3n) is 10.1. The van der Waals surface area contributed by atoms with Crippen LogP contribution in [0.15, 0.2) is 60.7 Å². The molecule has 8 rings (SSSR count). The summed E-state index contributed by atoms with van der Waals surface area (Å²) >= 11 is 18.1. The number of alkyl halides is 3. The highest BCUT2D eigenvalue weighted by atomic mass is 35.6. The number of nitrogens with zero attached hydrogens (tertiary/aromatic N) is 2. The number of hydrogen-bond donors (Lipinski definition) is 0. The largest absolute Gasteiger partial charge is 0.493 e. The number of ether oxygens (including phenoxy) is 6. The van der Waals surface area contributed by atoms with E-state index in [2.05, 4.69) is 36.0 Å². The Kier molecular flexibility index (Phi) is 9.95. The van der Waals surface area contributed by atoms with Crippen molar-refractivity contribution in [1.82, 2.24) is 9.80 Å². The van der Waals surface area contributed by atoms with Gasteiger partial charge in [0.2, 0.25) is 5.75 Å². The molecule has 0 radical (unpaired) electrons. The highest BCUT2D eigenvalue weighted by Gasteiger charge is 2.39. The Morgan fingerprint density at radius 1 is 0.725 bits per heavy atom. The fourth-order valence-electron chi connectivity index (χ4n) is 7.33. The zero-order valence-corrected chi connectivity index (χ0v) is 31.3. The molecule has 6 bridgehead atoms. The molecule has 0 aliphatic carbocycles. The van der Waals surface area contributed by atoms with E-state index in [4.69, 9.17) is 63.2 Å². The summed E-state index contributed by atoms with van der Waals surface area (Å²) in [7, 11) is 8.94. The van der Waals surface area contributed by atoms with Gasteiger partial charge in [0.15, 0.2) is 34.5 Å². The van der Waals surface area contributed by atoms with Crippen LogP contribution in [0.5, 0.6) is 46.0 Å². The summed E-state index contributed by atoms with van der Waals surface area (Å²) in [6.07, 6.45) is 2.84. The van der Waals surface area contributed by atoms with Crippen LogP contribution in [0.2, 0.25) is 0 Å². The van der Waals surface area contributed by atoms with E-state index in [1.54, 1.807) is 14.2 Å². The van der Waals surface area contributed by atoms with E-state index in [1.807, 2.05) is 48.5 Å². The second-order valence-corrected chi connectivity index (χ2v) is 15.4. The van der Waals surface area contributed by atoms with Crippen LogP contribution in [0.3, 0.4) is 0 Å². The van der Waals surface area contributed by atoms with E-state index in [9.17, 15) is 4.79 Å². The molecule has 0 saturated carbocycles. The Bertz CT molecular complexity index is 1960. The average Bonchev–Trinajstić information content (AvgIpc) is 3.11. The van der Waals surface area contributed by atoms with Crippen LogP contribution in [0.25, 0.3) is 0 Å². The minimum absolute atomic E-state index is 0.00835. The van der Waals surface area contributed by atoms with Gasteiger partial charge in [-0.15, -0.1) is 0 Å². The topological polar surface area (TPSA) is 78.9 Å². The first-order valence-corrected chi connectivity index (χ1v) is 17.9. The average molecular weight is 754 g/mol. The Morgan fingerprint density at radius 3 is 2.02 bits per heavy atom. The number of methoxy groups -OCH3 is 3. The molecule has 0 unspecified atom stereocenters. The molecule has 0 N–H and O–H groups in total. The maximum atomic E-state index is 13.2. The summed E-state index contributed by atoms with van der Waals surface area (Å²) in [6, 6.07) is 19.9. The van der Waals surface area contributed by atoms with Gasteiger partial charge in [-0.25, -0.2) is 4.79 Å². The van der Waals surface area contributed by atoms with E-state index in [1.165, 1.54) is 12.7 Å². The van der Waals surface area contributed by atoms with Crippen LogP contribution in [-0.4, -0.2) is 68.1 Å². The van der Waals surface area contributed by atoms with Gasteiger partial charge in [0.1, 0.15) is 5.75 Å². The zero-order valence-electron chi connectivity index (χ0n) is 29.1. The molecular weight excluding hydrogens is 715 g/mol. The normalized spacial score (nSPS) is 18.7. The van der Waals surface area contributed by atoms with Crippen molar-refractivity contribution in [2.45, 2.75) is 41.6 Å². The first-order chi connectivity index (χ1) is 24.5. The second kappa shape index (κ2) is 14.3. The number of likely N-dealkylation sites (N-methyl/N-ethyl adjacent to an activating group) is 2. The molecular formula is C39H39Cl3N2O7. The maximum Gasteiger partial charge on any atom is 0.364 e. The van der Waals surface area contributed by atoms with Crippen molar-refractivity contribution in [3.8, 4) is 46.0 Å². The minimum atomic E-state index is -2.35. The molecule has 4 aliphatic rings. The molecule has 4 aromatic rings. The molecule has 0 amide bonds. The van der Waals surface area contributed by atoms with Gasteiger partial charge in [-0.3, -0.25) is 9.80 Å². The summed E-state index contributed by atoms with van der Waals surface area (Å²) in [4.78, 5) is 17.8. The highest BCUT2D eigenvalue weighted by Crippen LogP contribution is 2.52. The zero-order chi connectivity index (χ0) is 36.0. The fraction of sp³-hybridized carbons (Fsp3) is 0.359. The van der Waals surface area contributed by atoms with E-state index < -0.39 is 9.76 Å². The number of carbonyl (C=O) groups is 1. The monoisotopic (exact) mass is 752 g/mol. The molecule has 4 aliphatic heterocycles. The molecule has 268 valence electrons. The van der Waals surface area contributed by atoms with Gasteiger partial charge in [0, 0.05) is 30.7 Å². The SMILES string of the molecule is COc1ccc2cc1Oc1ccc(cc1)C[C@H]1c3cc(c(OC)cc3CCN1C)Oc1c(OC(=O)C(Cl)(Cl)Cl)c(OC)cc3c1[C@H](C2)N(C)CC3. The molecule has 0 fully saturated rings. The summed E-state index contributed by atoms with van der Waals surface area (Å²) < 4.78 is 34.4. The van der Waals surface area contributed by atoms with Gasteiger partial charge in [0.25, 0.3) is 3.79 Å². The Balaban J connectivity index is 1.49. The van der Waals surface area contributed by atoms with Crippen LogP contribution >= 0.6 is 34.8 Å². The molecule has 0 saturated heterocycles. The third-order valence-corrected chi connectivity index (χ3v) is 10.5. The Morgan fingerprint density at radius 2 is 1.33 bits per heavy atom. The number of esters is 1. The third kappa shape index (κ3) is 7.02. The minimum Gasteiger partial charge on any atom is -0.493 e. The van der Waals surface area contributed by atoms with Gasteiger partial charge in [-0.1, -0.05) is 53.0 Å². The molecule has 0 spiro atoms. The number of rotatable bonds is 4. The van der Waals surface area contributed by atoms with Gasteiger partial charge in [-0.2, -0.15) is 0 Å². The van der Waals surface area contributed by atoms with E-state index in [0.717, 1.165) is 53.7 Å². The van der Waals surface area contributed by atoms with Crippen LogP contribution in [-0.2, 0) is 30.5 Å². The van der Waals surface area contributed by atoms with Gasteiger partial charge < -0.3 is 28.4 Å². The predicted molar refractivity (Wildman–Crippen MR) is 197 cm³/mol. The number of benzene rings is 4. The number of fused-ring (bicyclic) bond motifs is 2. The van der Waals surface area contributed by atoms with E-state index in [0.29, 0.717) is 41.6 Å². The molecule has 4 aromatic carbocycles. The summed E-state index contributed by atoms with van der Waals surface area (Å²) in [6.45, 7) is 1.64. The Labute approximate surface area is 312 Å². The molecule has 2 atom stereocenters.